The van der Waals surface area contributed by atoms with Gasteiger partial charge in [-0.3, -0.25) is 4.79 Å². The van der Waals surface area contributed by atoms with Crippen LogP contribution in [0.5, 0.6) is 0 Å². The topological polar surface area (TPSA) is 17.1 Å². The Kier molecular flexibility index (Phi) is 3.97. The number of carbonyl (C=O) groups is 1. The van der Waals surface area contributed by atoms with E-state index in [1.165, 1.54) is 0 Å². The van der Waals surface area contributed by atoms with Crippen molar-refractivity contribution in [2.75, 3.05) is 0 Å². The molecule has 0 saturated carbocycles. The molecule has 0 fully saturated rings. The predicted octanol–water partition coefficient (Wildman–Crippen LogP) is 4.49. The van der Waals surface area contributed by atoms with Crippen LogP contribution in [-0.4, -0.2) is 5.78 Å². The van der Waals surface area contributed by atoms with Crippen LogP contribution < -0.4 is 0 Å². The average molecular weight is 303 g/mol. The molecule has 0 saturated heterocycles. The first kappa shape index (κ1) is 13.0. The Morgan fingerprint density at radius 3 is 2.56 bits per heavy atom. The van der Waals surface area contributed by atoms with Crippen molar-refractivity contribution in [2.45, 2.75) is 20.3 Å². The van der Waals surface area contributed by atoms with E-state index in [0.29, 0.717) is 6.42 Å². The first-order chi connectivity index (χ1) is 8.58. The monoisotopic (exact) mass is 302 g/mol. The first-order valence-corrected chi connectivity index (χ1v) is 6.71. The third-order valence-electron chi connectivity index (χ3n) is 3.00. The van der Waals surface area contributed by atoms with Crippen LogP contribution >= 0.6 is 15.9 Å². The smallest absolute Gasteiger partial charge is 0.167 e. The van der Waals surface area contributed by atoms with Crippen molar-refractivity contribution in [3.05, 3.63) is 69.2 Å². The van der Waals surface area contributed by atoms with Gasteiger partial charge in [-0.2, -0.15) is 0 Å². The zero-order valence-corrected chi connectivity index (χ0v) is 12.1. The fourth-order valence-corrected chi connectivity index (χ4v) is 2.37. The molecule has 0 radical (unpaired) electrons. The molecule has 0 amide bonds. The van der Waals surface area contributed by atoms with Crippen LogP contribution in [0.3, 0.4) is 0 Å². The molecule has 0 atom stereocenters. The van der Waals surface area contributed by atoms with Crippen LogP contribution in [0.2, 0.25) is 0 Å². The molecule has 0 aliphatic rings. The van der Waals surface area contributed by atoms with Gasteiger partial charge in [-0.15, -0.1) is 0 Å². The lowest BCUT2D eigenvalue weighted by Crippen LogP contribution is -2.06. The molecule has 0 aliphatic heterocycles. The summed E-state index contributed by atoms with van der Waals surface area (Å²) in [5.74, 6) is 0.170. The van der Waals surface area contributed by atoms with Crippen molar-refractivity contribution in [1.82, 2.24) is 0 Å². The molecule has 0 aromatic heterocycles. The predicted molar refractivity (Wildman–Crippen MR) is 78.1 cm³/mol. The molecule has 0 unspecified atom stereocenters. The second kappa shape index (κ2) is 5.49. The van der Waals surface area contributed by atoms with Gasteiger partial charge in [0.05, 0.1) is 0 Å². The number of Topliss-reactive ketones (excluding diaryl/α,β-unsaturated/α-hetero) is 1. The van der Waals surface area contributed by atoms with Gasteiger partial charge in [0, 0.05) is 16.5 Å². The van der Waals surface area contributed by atoms with Crippen molar-refractivity contribution < 1.29 is 4.79 Å². The maximum absolute atomic E-state index is 12.3. The number of halogens is 1. The molecule has 2 heteroatoms. The quantitative estimate of drug-likeness (QED) is 0.763. The van der Waals surface area contributed by atoms with E-state index >= 15 is 0 Å². The summed E-state index contributed by atoms with van der Waals surface area (Å²) in [4.78, 5) is 12.3. The van der Waals surface area contributed by atoms with Gasteiger partial charge in [-0.1, -0.05) is 51.8 Å². The van der Waals surface area contributed by atoms with Crippen molar-refractivity contribution in [1.29, 1.82) is 0 Å². The maximum Gasteiger partial charge on any atom is 0.167 e. The van der Waals surface area contributed by atoms with Crippen LogP contribution in [0.4, 0.5) is 0 Å². The van der Waals surface area contributed by atoms with Gasteiger partial charge >= 0.3 is 0 Å². The van der Waals surface area contributed by atoms with Gasteiger partial charge in [0.15, 0.2) is 5.78 Å². The lowest BCUT2D eigenvalue weighted by Gasteiger charge is -2.07. The molecule has 0 bridgehead atoms. The van der Waals surface area contributed by atoms with Gasteiger partial charge in [-0.25, -0.2) is 0 Å². The van der Waals surface area contributed by atoms with E-state index in [9.17, 15) is 4.79 Å². The lowest BCUT2D eigenvalue weighted by atomic mass is 9.97. The zero-order chi connectivity index (χ0) is 13.1. The molecule has 2 aromatic rings. The summed E-state index contributed by atoms with van der Waals surface area (Å²) in [6.07, 6.45) is 0.436. The third kappa shape index (κ3) is 2.88. The van der Waals surface area contributed by atoms with Crippen molar-refractivity contribution in [2.24, 2.45) is 0 Å². The molecule has 0 spiro atoms. The molecule has 0 aliphatic carbocycles. The van der Waals surface area contributed by atoms with E-state index in [-0.39, 0.29) is 5.78 Å². The van der Waals surface area contributed by atoms with E-state index in [2.05, 4.69) is 15.9 Å². The molecule has 0 heterocycles. The van der Waals surface area contributed by atoms with Crippen molar-refractivity contribution in [3.63, 3.8) is 0 Å². The average Bonchev–Trinajstić information content (AvgIpc) is 2.35. The Bertz CT molecular complexity index is 587. The summed E-state index contributed by atoms with van der Waals surface area (Å²) in [6.45, 7) is 3.99. The molecule has 0 N–H and O–H groups in total. The highest BCUT2D eigenvalue weighted by atomic mass is 79.9. The lowest BCUT2D eigenvalue weighted by molar-refractivity contribution is 0.0992. The largest absolute Gasteiger partial charge is 0.294 e. The Labute approximate surface area is 116 Å². The summed E-state index contributed by atoms with van der Waals surface area (Å²) >= 11 is 3.48. The Morgan fingerprint density at radius 2 is 1.83 bits per heavy atom. The van der Waals surface area contributed by atoms with E-state index in [1.807, 2.05) is 56.3 Å². The van der Waals surface area contributed by atoms with Crippen LogP contribution in [0.1, 0.15) is 27.0 Å². The Morgan fingerprint density at radius 1 is 1.11 bits per heavy atom. The van der Waals surface area contributed by atoms with Crippen LogP contribution in [0.25, 0.3) is 0 Å². The highest BCUT2D eigenvalue weighted by molar-refractivity contribution is 9.10. The van der Waals surface area contributed by atoms with Gasteiger partial charge < -0.3 is 0 Å². The summed E-state index contributed by atoms with van der Waals surface area (Å²) in [7, 11) is 0. The number of benzene rings is 2. The van der Waals surface area contributed by atoms with Crippen molar-refractivity contribution in [3.8, 4) is 0 Å². The SMILES string of the molecule is Cc1ccc(C)c(C(=O)Cc2ccccc2Br)c1. The van der Waals surface area contributed by atoms with Crippen LogP contribution in [0, 0.1) is 13.8 Å². The summed E-state index contributed by atoms with van der Waals surface area (Å²) in [5.41, 5.74) is 4.02. The number of aryl methyl sites for hydroxylation is 2. The number of hydrogen-bond donors (Lipinski definition) is 0. The Hall–Kier alpha value is -1.41. The third-order valence-corrected chi connectivity index (χ3v) is 3.78. The molecule has 1 nitrogen and oxygen atoms in total. The molecular formula is C16H15BrO. The van der Waals surface area contributed by atoms with E-state index in [0.717, 1.165) is 26.7 Å². The minimum Gasteiger partial charge on any atom is -0.294 e. The van der Waals surface area contributed by atoms with E-state index < -0.39 is 0 Å². The highest BCUT2D eigenvalue weighted by Gasteiger charge is 2.11. The minimum absolute atomic E-state index is 0.170. The summed E-state index contributed by atoms with van der Waals surface area (Å²) < 4.78 is 0.989. The highest BCUT2D eigenvalue weighted by Crippen LogP contribution is 2.19. The maximum atomic E-state index is 12.3. The van der Waals surface area contributed by atoms with Crippen molar-refractivity contribution >= 4 is 21.7 Å². The fourth-order valence-electron chi connectivity index (χ4n) is 1.95. The summed E-state index contributed by atoms with van der Waals surface area (Å²) in [5, 5.41) is 0. The van der Waals surface area contributed by atoms with Crippen LogP contribution in [0.15, 0.2) is 46.9 Å². The Balaban J connectivity index is 2.28. The second-order valence-electron chi connectivity index (χ2n) is 4.51. The normalized spacial score (nSPS) is 10.4. The first-order valence-electron chi connectivity index (χ1n) is 5.92. The van der Waals surface area contributed by atoms with Gasteiger partial charge in [0.1, 0.15) is 0 Å². The molecular weight excluding hydrogens is 288 g/mol. The molecule has 18 heavy (non-hydrogen) atoms. The molecule has 2 aromatic carbocycles. The second-order valence-corrected chi connectivity index (χ2v) is 5.36. The number of hydrogen-bond acceptors (Lipinski definition) is 1. The minimum atomic E-state index is 0.170. The van der Waals surface area contributed by atoms with E-state index in [1.54, 1.807) is 0 Å². The van der Waals surface area contributed by atoms with E-state index in [4.69, 9.17) is 0 Å². The zero-order valence-electron chi connectivity index (χ0n) is 10.5. The number of carbonyl (C=O) groups excluding carboxylic acids is 1. The van der Waals surface area contributed by atoms with Gasteiger partial charge in [-0.05, 0) is 37.1 Å². The fraction of sp³-hybridized carbons (Fsp3) is 0.188. The molecule has 92 valence electrons. The van der Waals surface area contributed by atoms with Gasteiger partial charge in [0.2, 0.25) is 0 Å². The van der Waals surface area contributed by atoms with Crippen LogP contribution in [-0.2, 0) is 6.42 Å². The van der Waals surface area contributed by atoms with Gasteiger partial charge in [0.25, 0.3) is 0 Å². The standard InChI is InChI=1S/C16H15BrO/c1-11-7-8-12(2)14(9-11)16(18)10-13-5-3-4-6-15(13)17/h3-9H,10H2,1-2H3. The summed E-state index contributed by atoms with van der Waals surface area (Å²) in [6, 6.07) is 13.9. The molecule has 2 rings (SSSR count). The number of ketones is 1. The number of rotatable bonds is 3.